The standard InChI is InChI=1S/C30H45N3.C2H6.C2H2/c1-10-17-18-21-27(19-11-2)23-22-26(8)31-30(33(16-7)25-14-5)28(15-6)29(20-12-3)32(9)24-13-4;2*1-2/h4,16,18-21H,7,10-12,14-15,17,24-25H2,1-3,5-6,8-9H3;1-2H3;1-2H/b21-18-,27-19+,29-20?,30-28-,31-26+;;. The Balaban J connectivity index is -0.00000274. The zero-order chi connectivity index (χ0) is 29.1. The zero-order valence-electron chi connectivity index (χ0n) is 25.3. The van der Waals surface area contributed by atoms with Crippen molar-refractivity contribution in [2.75, 3.05) is 20.1 Å². The molecule has 0 unspecified atom stereocenters. The molecule has 0 saturated carbocycles. The van der Waals surface area contributed by atoms with Crippen LogP contribution in [-0.2, 0) is 0 Å². The van der Waals surface area contributed by atoms with Crippen LogP contribution in [0.2, 0.25) is 0 Å². The normalized spacial score (nSPS) is 12.0. The predicted molar refractivity (Wildman–Crippen MR) is 169 cm³/mol. The van der Waals surface area contributed by atoms with Gasteiger partial charge in [0.15, 0.2) is 0 Å². The first-order valence-corrected chi connectivity index (χ1v) is 13.7. The molecule has 0 atom stereocenters. The molecule has 204 valence electrons. The lowest BCUT2D eigenvalue weighted by Crippen LogP contribution is -2.24. The Hall–Kier alpha value is -3.35. The average molecular weight is 504 g/mol. The third-order valence-electron chi connectivity index (χ3n) is 4.86. The highest BCUT2D eigenvalue weighted by molar-refractivity contribution is 5.99. The van der Waals surface area contributed by atoms with E-state index in [9.17, 15) is 0 Å². The van der Waals surface area contributed by atoms with E-state index in [0.29, 0.717) is 6.54 Å². The highest BCUT2D eigenvalue weighted by Crippen LogP contribution is 2.26. The van der Waals surface area contributed by atoms with Gasteiger partial charge in [-0.1, -0.05) is 97.6 Å². The number of hydrogen-bond acceptors (Lipinski definition) is 3. The van der Waals surface area contributed by atoms with Crippen LogP contribution in [0.5, 0.6) is 0 Å². The highest BCUT2D eigenvalue weighted by Gasteiger charge is 2.17. The van der Waals surface area contributed by atoms with Crippen molar-refractivity contribution in [1.82, 2.24) is 9.80 Å². The number of allylic oxidation sites excluding steroid dienone is 6. The molecule has 0 aliphatic heterocycles. The minimum absolute atomic E-state index is 0.544. The summed E-state index contributed by atoms with van der Waals surface area (Å²) in [6.45, 7) is 22.2. The van der Waals surface area contributed by atoms with Crippen molar-refractivity contribution >= 4 is 5.71 Å². The van der Waals surface area contributed by atoms with Gasteiger partial charge in [-0.3, -0.25) is 0 Å². The average Bonchev–Trinajstić information content (AvgIpc) is 2.92. The first kappa shape index (κ1) is 38.2. The molecule has 0 aromatic carbocycles. The molecule has 0 radical (unpaired) electrons. The van der Waals surface area contributed by atoms with Crippen LogP contribution < -0.4 is 0 Å². The molecule has 0 spiro atoms. The molecule has 0 N–H and O–H groups in total. The van der Waals surface area contributed by atoms with Gasteiger partial charge in [-0.05, 0) is 51.1 Å². The number of hydrogen-bond donors (Lipinski definition) is 0. The summed E-state index contributed by atoms with van der Waals surface area (Å²) in [7, 11) is 2.04. The van der Waals surface area contributed by atoms with Gasteiger partial charge >= 0.3 is 0 Å². The van der Waals surface area contributed by atoms with Gasteiger partial charge in [0, 0.05) is 30.4 Å². The van der Waals surface area contributed by atoms with Crippen LogP contribution in [0.4, 0.5) is 0 Å². The summed E-state index contributed by atoms with van der Waals surface area (Å²) >= 11 is 0. The molecular weight excluding hydrogens is 450 g/mol. The molecule has 3 nitrogen and oxygen atoms in total. The Morgan fingerprint density at radius 3 is 2.05 bits per heavy atom. The highest BCUT2D eigenvalue weighted by atomic mass is 15.2. The summed E-state index contributed by atoms with van der Waals surface area (Å²) < 4.78 is 0. The van der Waals surface area contributed by atoms with Crippen molar-refractivity contribution in [2.45, 2.75) is 93.9 Å². The topological polar surface area (TPSA) is 18.8 Å². The molecule has 0 aliphatic carbocycles. The Kier molecular flexibility index (Phi) is 28.1. The first-order chi connectivity index (χ1) is 17.9. The second-order valence-corrected chi connectivity index (χ2v) is 7.80. The van der Waals surface area contributed by atoms with Crippen molar-refractivity contribution in [1.29, 1.82) is 0 Å². The van der Waals surface area contributed by atoms with Crippen molar-refractivity contribution in [3.8, 4) is 37.0 Å². The first-order valence-electron chi connectivity index (χ1n) is 13.7. The third kappa shape index (κ3) is 16.9. The Morgan fingerprint density at radius 1 is 0.973 bits per heavy atom. The number of likely N-dealkylation sites (N-methyl/N-ethyl adjacent to an activating group) is 1. The van der Waals surface area contributed by atoms with Gasteiger partial charge in [-0.2, -0.15) is 0 Å². The van der Waals surface area contributed by atoms with Crippen molar-refractivity contribution in [3.05, 3.63) is 59.7 Å². The van der Waals surface area contributed by atoms with Crippen molar-refractivity contribution in [2.24, 2.45) is 4.99 Å². The maximum absolute atomic E-state index is 5.61. The predicted octanol–water partition coefficient (Wildman–Crippen LogP) is 8.76. The van der Waals surface area contributed by atoms with Gasteiger partial charge in [0.1, 0.15) is 5.82 Å². The summed E-state index contributed by atoms with van der Waals surface area (Å²) in [6.07, 6.45) is 30.0. The quantitative estimate of drug-likeness (QED) is 0.134. The fourth-order valence-corrected chi connectivity index (χ4v) is 3.32. The number of unbranched alkanes of at least 4 members (excludes halogenated alkanes) is 1. The van der Waals surface area contributed by atoms with Crippen LogP contribution in [0.1, 0.15) is 93.9 Å². The molecule has 0 heterocycles. The number of nitrogens with zero attached hydrogens (tertiary/aromatic N) is 3. The summed E-state index contributed by atoms with van der Waals surface area (Å²) in [4.78, 5) is 9.26. The molecule has 37 heavy (non-hydrogen) atoms. The van der Waals surface area contributed by atoms with Gasteiger partial charge in [0.05, 0.1) is 12.3 Å². The van der Waals surface area contributed by atoms with E-state index in [1.54, 1.807) is 0 Å². The number of aliphatic imine (C=N–C) groups is 1. The van der Waals surface area contributed by atoms with Crippen LogP contribution >= 0.6 is 0 Å². The van der Waals surface area contributed by atoms with Crippen LogP contribution in [0.25, 0.3) is 0 Å². The maximum Gasteiger partial charge on any atom is 0.138 e. The molecule has 0 aromatic heterocycles. The molecule has 0 rings (SSSR count). The van der Waals surface area contributed by atoms with Crippen molar-refractivity contribution < 1.29 is 0 Å². The summed E-state index contributed by atoms with van der Waals surface area (Å²) in [5.74, 6) is 10.2. The van der Waals surface area contributed by atoms with E-state index in [2.05, 4.69) is 106 Å². The largest absolute Gasteiger partial charge is 0.363 e. The van der Waals surface area contributed by atoms with Gasteiger partial charge in [0.2, 0.25) is 0 Å². The molecule has 0 aromatic rings. The fraction of sp³-hybridized carbons (Fsp3) is 0.500. The second-order valence-electron chi connectivity index (χ2n) is 7.80. The minimum atomic E-state index is 0.544. The van der Waals surface area contributed by atoms with E-state index in [1.807, 2.05) is 34.0 Å². The molecule has 0 saturated heterocycles. The lowest BCUT2D eigenvalue weighted by molar-refractivity contribution is 0.434. The Labute approximate surface area is 231 Å². The fourth-order valence-electron chi connectivity index (χ4n) is 3.32. The van der Waals surface area contributed by atoms with Crippen molar-refractivity contribution in [3.63, 3.8) is 0 Å². The van der Waals surface area contributed by atoms with Gasteiger partial charge in [-0.25, -0.2) is 4.99 Å². The van der Waals surface area contributed by atoms with Crippen LogP contribution in [-0.4, -0.2) is 35.6 Å². The molecule has 0 aliphatic rings. The van der Waals surface area contributed by atoms with E-state index >= 15 is 0 Å². The summed E-state index contributed by atoms with van der Waals surface area (Å²) in [6, 6.07) is 0. The van der Waals surface area contributed by atoms with Gasteiger partial charge in [0.25, 0.3) is 0 Å². The van der Waals surface area contributed by atoms with Crippen LogP contribution in [0, 0.1) is 37.0 Å². The molecule has 0 fully saturated rings. The number of rotatable bonds is 14. The summed E-state index contributed by atoms with van der Waals surface area (Å²) in [5, 5.41) is 0. The lowest BCUT2D eigenvalue weighted by atomic mass is 10.1. The minimum Gasteiger partial charge on any atom is -0.363 e. The molecule has 0 amide bonds. The van der Waals surface area contributed by atoms with E-state index in [-0.39, 0.29) is 0 Å². The molecule has 3 heteroatoms. The zero-order valence-corrected chi connectivity index (χ0v) is 25.3. The van der Waals surface area contributed by atoms with Crippen LogP contribution in [0.15, 0.2) is 64.7 Å². The lowest BCUT2D eigenvalue weighted by Gasteiger charge is -2.28. The third-order valence-corrected chi connectivity index (χ3v) is 4.86. The Bertz CT molecular complexity index is 889. The smallest absolute Gasteiger partial charge is 0.138 e. The molecular formula is C34H53N3. The number of terminal acetylenes is 2. The van der Waals surface area contributed by atoms with E-state index < -0.39 is 0 Å². The van der Waals surface area contributed by atoms with Gasteiger partial charge < -0.3 is 9.80 Å². The Morgan fingerprint density at radius 2 is 1.59 bits per heavy atom. The molecule has 0 bridgehead atoms. The van der Waals surface area contributed by atoms with Gasteiger partial charge in [-0.15, -0.1) is 19.3 Å². The monoisotopic (exact) mass is 503 g/mol. The maximum atomic E-state index is 5.61. The van der Waals surface area contributed by atoms with Crippen LogP contribution in [0.3, 0.4) is 0 Å². The summed E-state index contributed by atoms with van der Waals surface area (Å²) in [5.41, 5.74) is 4.09. The second kappa shape index (κ2) is 27.2. The van der Waals surface area contributed by atoms with E-state index in [1.165, 1.54) is 0 Å². The van der Waals surface area contributed by atoms with E-state index in [0.717, 1.165) is 73.4 Å². The van der Waals surface area contributed by atoms with E-state index in [4.69, 9.17) is 11.4 Å². The SMILES string of the molecule is C#C.C#CCN(C)C(=CCC)/C(CC)=C(/N=C(\C)C#CC(/C=C\CCC)=C/CC)N(C=C)CCC.CC.